The van der Waals surface area contributed by atoms with E-state index in [9.17, 15) is 24.9 Å². The molecule has 0 atom stereocenters. The molecule has 2 aromatic carbocycles. The summed E-state index contributed by atoms with van der Waals surface area (Å²) < 4.78 is 0. The van der Waals surface area contributed by atoms with Gasteiger partial charge in [0.1, 0.15) is 17.2 Å². The molecule has 0 unspecified atom stereocenters. The van der Waals surface area contributed by atoms with Crippen molar-refractivity contribution in [2.75, 3.05) is 26.2 Å². The molecule has 0 bridgehead atoms. The molecule has 7 heteroatoms. The van der Waals surface area contributed by atoms with Gasteiger partial charge in [-0.05, 0) is 30.3 Å². The summed E-state index contributed by atoms with van der Waals surface area (Å²) in [5, 5.41) is 28.8. The highest BCUT2D eigenvalue weighted by Gasteiger charge is 2.25. The molecule has 3 rings (SSSR count). The van der Waals surface area contributed by atoms with Crippen molar-refractivity contribution in [3.8, 4) is 17.2 Å². The number of hydrogen-bond donors (Lipinski definition) is 3. The maximum absolute atomic E-state index is 12.5. The van der Waals surface area contributed by atoms with Crippen molar-refractivity contribution in [1.29, 1.82) is 0 Å². The van der Waals surface area contributed by atoms with Gasteiger partial charge in [0, 0.05) is 43.9 Å². The number of phenolic OH excluding ortho intramolecular Hbond substituents is 3. The highest BCUT2D eigenvalue weighted by atomic mass is 16.3. The first-order valence-electron chi connectivity index (χ1n) is 8.52. The minimum atomic E-state index is -0.259. The van der Waals surface area contributed by atoms with Crippen LogP contribution in [0.15, 0.2) is 48.5 Å². The number of phenols is 3. The Balaban J connectivity index is 1.58. The predicted octanol–water partition coefficient (Wildman–Crippen LogP) is 1.80. The third-order valence-corrected chi connectivity index (χ3v) is 4.43. The molecule has 0 saturated carbocycles. The lowest BCUT2D eigenvalue weighted by Gasteiger charge is -2.34. The van der Waals surface area contributed by atoms with Crippen molar-refractivity contribution in [3.05, 3.63) is 59.7 Å². The first-order chi connectivity index (χ1) is 13.0. The fourth-order valence-electron chi connectivity index (χ4n) is 2.89. The van der Waals surface area contributed by atoms with E-state index in [1.165, 1.54) is 36.4 Å². The third-order valence-electron chi connectivity index (χ3n) is 4.43. The second kappa shape index (κ2) is 7.82. The Morgan fingerprint density at radius 1 is 0.852 bits per heavy atom. The van der Waals surface area contributed by atoms with Crippen molar-refractivity contribution in [2.24, 2.45) is 0 Å². The van der Waals surface area contributed by atoms with Crippen LogP contribution in [0, 0.1) is 0 Å². The van der Waals surface area contributed by atoms with Crippen LogP contribution in [-0.2, 0) is 4.79 Å². The van der Waals surface area contributed by atoms with Gasteiger partial charge in [0.05, 0.1) is 5.56 Å². The number of para-hydroxylation sites is 1. The van der Waals surface area contributed by atoms with Crippen molar-refractivity contribution in [3.63, 3.8) is 0 Å². The Morgan fingerprint density at radius 3 is 2.19 bits per heavy atom. The zero-order valence-electron chi connectivity index (χ0n) is 14.6. The summed E-state index contributed by atoms with van der Waals surface area (Å²) in [5.41, 5.74) is 0.675. The first kappa shape index (κ1) is 18.3. The molecule has 0 radical (unpaired) electrons. The largest absolute Gasteiger partial charge is 0.508 e. The van der Waals surface area contributed by atoms with Gasteiger partial charge in [0.25, 0.3) is 5.91 Å². The van der Waals surface area contributed by atoms with Crippen LogP contribution in [0.2, 0.25) is 0 Å². The molecule has 0 aliphatic carbocycles. The van der Waals surface area contributed by atoms with Crippen molar-refractivity contribution in [1.82, 2.24) is 9.80 Å². The normalized spacial score (nSPS) is 14.5. The highest BCUT2D eigenvalue weighted by molar-refractivity contribution is 5.97. The van der Waals surface area contributed by atoms with Crippen molar-refractivity contribution in [2.45, 2.75) is 0 Å². The maximum atomic E-state index is 12.5. The van der Waals surface area contributed by atoms with E-state index in [1.54, 1.807) is 28.0 Å². The second-order valence-electron chi connectivity index (χ2n) is 6.21. The Morgan fingerprint density at radius 2 is 1.52 bits per heavy atom. The third kappa shape index (κ3) is 4.20. The number of piperazine rings is 1. The molecule has 0 aromatic heterocycles. The maximum Gasteiger partial charge on any atom is 0.257 e. The van der Waals surface area contributed by atoms with Crippen LogP contribution in [0.25, 0.3) is 6.08 Å². The van der Waals surface area contributed by atoms with Crippen LogP contribution in [0.5, 0.6) is 17.2 Å². The van der Waals surface area contributed by atoms with E-state index in [0.29, 0.717) is 31.7 Å². The Labute approximate surface area is 156 Å². The van der Waals surface area contributed by atoms with Gasteiger partial charge in [-0.15, -0.1) is 0 Å². The fraction of sp³-hybridized carbons (Fsp3) is 0.200. The van der Waals surface area contributed by atoms with Crippen molar-refractivity contribution < 1.29 is 24.9 Å². The Bertz CT molecular complexity index is 886. The van der Waals surface area contributed by atoms with Gasteiger partial charge >= 0.3 is 0 Å². The van der Waals surface area contributed by atoms with E-state index in [0.717, 1.165) is 0 Å². The van der Waals surface area contributed by atoms with Gasteiger partial charge in [-0.3, -0.25) is 9.59 Å². The van der Waals surface area contributed by atoms with Gasteiger partial charge in [0.15, 0.2) is 0 Å². The van der Waals surface area contributed by atoms with Crippen LogP contribution >= 0.6 is 0 Å². The number of hydrogen-bond acceptors (Lipinski definition) is 5. The molecular formula is C20H20N2O5. The zero-order valence-corrected chi connectivity index (χ0v) is 14.6. The van der Waals surface area contributed by atoms with Gasteiger partial charge in [0.2, 0.25) is 5.91 Å². The molecule has 1 aliphatic heterocycles. The minimum Gasteiger partial charge on any atom is -0.508 e. The molecular weight excluding hydrogens is 348 g/mol. The topological polar surface area (TPSA) is 101 Å². The monoisotopic (exact) mass is 368 g/mol. The zero-order chi connectivity index (χ0) is 19.4. The van der Waals surface area contributed by atoms with Crippen LogP contribution < -0.4 is 0 Å². The fourth-order valence-corrected chi connectivity index (χ4v) is 2.89. The average Bonchev–Trinajstić information content (AvgIpc) is 2.67. The van der Waals surface area contributed by atoms with Crippen LogP contribution in [0.3, 0.4) is 0 Å². The second-order valence-corrected chi connectivity index (χ2v) is 6.21. The number of benzene rings is 2. The van der Waals surface area contributed by atoms with E-state index in [1.807, 2.05) is 0 Å². The van der Waals surface area contributed by atoms with E-state index < -0.39 is 0 Å². The van der Waals surface area contributed by atoms with Crippen LogP contribution in [0.4, 0.5) is 0 Å². The molecule has 1 saturated heterocycles. The molecule has 27 heavy (non-hydrogen) atoms. The van der Waals surface area contributed by atoms with Gasteiger partial charge in [-0.2, -0.15) is 0 Å². The molecule has 140 valence electrons. The number of rotatable bonds is 3. The lowest BCUT2D eigenvalue weighted by molar-refractivity contribution is -0.127. The summed E-state index contributed by atoms with van der Waals surface area (Å²) in [6.07, 6.45) is 2.84. The SMILES string of the molecule is O=C(/C=C/c1ccc(O)cc1O)N1CCN(C(=O)c2ccccc2O)CC1. The van der Waals surface area contributed by atoms with Gasteiger partial charge in [-0.25, -0.2) is 0 Å². The molecule has 1 heterocycles. The number of carbonyl (C=O) groups excluding carboxylic acids is 2. The number of amides is 2. The molecule has 3 N–H and O–H groups in total. The molecule has 7 nitrogen and oxygen atoms in total. The van der Waals surface area contributed by atoms with Gasteiger partial charge in [-0.1, -0.05) is 12.1 Å². The lowest BCUT2D eigenvalue weighted by atomic mass is 10.1. The quantitative estimate of drug-likeness (QED) is 0.717. The van der Waals surface area contributed by atoms with E-state index in [-0.39, 0.29) is 34.6 Å². The van der Waals surface area contributed by atoms with Crippen LogP contribution in [0.1, 0.15) is 15.9 Å². The molecule has 2 amide bonds. The number of aromatic hydroxyl groups is 3. The lowest BCUT2D eigenvalue weighted by Crippen LogP contribution is -2.50. The molecule has 0 spiro atoms. The Hall–Kier alpha value is -3.48. The standard InChI is InChI=1S/C20H20N2O5/c23-15-7-5-14(18(25)13-15)6-8-19(26)21-9-11-22(12-10-21)20(27)16-3-1-2-4-17(16)24/h1-8,13,23-25H,9-12H2/b8-6+. The van der Waals surface area contributed by atoms with Gasteiger partial charge < -0.3 is 25.1 Å². The first-order valence-corrected chi connectivity index (χ1v) is 8.52. The van der Waals surface area contributed by atoms with E-state index >= 15 is 0 Å². The summed E-state index contributed by atoms with van der Waals surface area (Å²) in [4.78, 5) is 28.0. The number of carbonyl (C=O) groups is 2. The smallest absolute Gasteiger partial charge is 0.257 e. The van der Waals surface area contributed by atoms with E-state index in [4.69, 9.17) is 0 Å². The minimum absolute atomic E-state index is 0.0544. The molecule has 2 aromatic rings. The molecule has 1 aliphatic rings. The summed E-state index contributed by atoms with van der Waals surface area (Å²) in [7, 11) is 0. The summed E-state index contributed by atoms with van der Waals surface area (Å²) in [5.74, 6) is -0.710. The predicted molar refractivity (Wildman–Crippen MR) is 99.4 cm³/mol. The molecule has 1 fully saturated rings. The highest BCUT2D eigenvalue weighted by Crippen LogP contribution is 2.24. The summed E-state index contributed by atoms with van der Waals surface area (Å²) in [6, 6.07) is 10.5. The average molecular weight is 368 g/mol. The Kier molecular flexibility index (Phi) is 5.30. The van der Waals surface area contributed by atoms with Crippen molar-refractivity contribution >= 4 is 17.9 Å². The summed E-state index contributed by atoms with van der Waals surface area (Å²) in [6.45, 7) is 1.50. The van der Waals surface area contributed by atoms with E-state index in [2.05, 4.69) is 0 Å². The number of nitrogens with zero attached hydrogens (tertiary/aromatic N) is 2. The summed E-state index contributed by atoms with van der Waals surface area (Å²) >= 11 is 0. The van der Waals surface area contributed by atoms with Crippen LogP contribution in [-0.4, -0.2) is 63.1 Å².